The Kier molecular flexibility index (Phi) is 3.19. The zero-order valence-electron chi connectivity index (χ0n) is 7.77. The highest BCUT2D eigenvalue weighted by molar-refractivity contribution is 9.10. The van der Waals surface area contributed by atoms with Crippen molar-refractivity contribution in [3.05, 3.63) is 46.4 Å². The number of hydrogen-bond acceptors (Lipinski definition) is 2. The Hall–Kier alpha value is -0.710. The maximum atomic E-state index is 10.6. The van der Waals surface area contributed by atoms with Gasteiger partial charge in [0.15, 0.2) is 0 Å². The van der Waals surface area contributed by atoms with Gasteiger partial charge >= 0.3 is 0 Å². The molecule has 2 aromatic carbocycles. The van der Waals surface area contributed by atoms with E-state index in [1.165, 1.54) is 0 Å². The third-order valence-corrected chi connectivity index (χ3v) is 3.44. The van der Waals surface area contributed by atoms with E-state index < -0.39 is 11.1 Å². The van der Waals surface area contributed by atoms with Crippen LogP contribution in [0.3, 0.4) is 0 Å². The maximum Gasteiger partial charge on any atom is 0.0353 e. The minimum atomic E-state index is -2.03. The molecule has 0 N–H and O–H groups in total. The summed E-state index contributed by atoms with van der Waals surface area (Å²) in [6, 6.07) is 11.5. The topological polar surface area (TPSA) is 40.1 Å². The summed E-state index contributed by atoms with van der Waals surface area (Å²) < 4.78 is 22.1. The molecule has 0 saturated heterocycles. The van der Waals surface area contributed by atoms with Crippen LogP contribution in [0.2, 0.25) is 0 Å². The zero-order chi connectivity index (χ0) is 10.8. The Morgan fingerprint density at radius 1 is 1.27 bits per heavy atom. The minimum Gasteiger partial charge on any atom is -0.772 e. The summed E-state index contributed by atoms with van der Waals surface area (Å²) in [5, 5.41) is 2.14. The molecule has 0 aliphatic rings. The molecule has 2 rings (SSSR count). The number of fused-ring (bicyclic) bond motifs is 1. The van der Waals surface area contributed by atoms with Crippen molar-refractivity contribution in [3.8, 4) is 0 Å². The molecule has 78 valence electrons. The Balaban J connectivity index is 2.52. The fraction of sp³-hybridized carbons (Fsp3) is 0.0909. The number of hydrogen-bond donors (Lipinski definition) is 0. The quantitative estimate of drug-likeness (QED) is 0.795. The molecular weight excluding hydrogens is 276 g/mol. The number of benzene rings is 2. The predicted octanol–water partition coefficient (Wildman–Crippen LogP) is 2.98. The highest BCUT2D eigenvalue weighted by Crippen LogP contribution is 2.24. The Labute approximate surface area is 98.7 Å². The van der Waals surface area contributed by atoms with Crippen LogP contribution in [0.5, 0.6) is 0 Å². The van der Waals surface area contributed by atoms with Crippen LogP contribution in [0, 0.1) is 0 Å². The van der Waals surface area contributed by atoms with Crippen molar-refractivity contribution in [1.82, 2.24) is 0 Å². The highest BCUT2D eigenvalue weighted by Gasteiger charge is 1.99. The molecule has 2 nitrogen and oxygen atoms in total. The lowest BCUT2D eigenvalue weighted by atomic mass is 10.1. The summed E-state index contributed by atoms with van der Waals surface area (Å²) in [5.41, 5.74) is 0.814. The van der Waals surface area contributed by atoms with Crippen LogP contribution >= 0.6 is 15.9 Å². The molecular formula is C11H8BrO2S-. The first-order valence-electron chi connectivity index (χ1n) is 4.40. The van der Waals surface area contributed by atoms with E-state index in [9.17, 15) is 8.76 Å². The first-order chi connectivity index (χ1) is 7.16. The molecule has 0 bridgehead atoms. The van der Waals surface area contributed by atoms with Crippen molar-refractivity contribution >= 4 is 37.8 Å². The Morgan fingerprint density at radius 2 is 2.07 bits per heavy atom. The molecule has 1 atom stereocenters. The van der Waals surface area contributed by atoms with Crippen LogP contribution in [0.4, 0.5) is 0 Å². The van der Waals surface area contributed by atoms with E-state index >= 15 is 0 Å². The van der Waals surface area contributed by atoms with Gasteiger partial charge in [0.25, 0.3) is 0 Å². The minimum absolute atomic E-state index is 0.0719. The lowest BCUT2D eigenvalue weighted by molar-refractivity contribution is 0.536. The third-order valence-electron chi connectivity index (χ3n) is 2.18. The number of rotatable bonds is 2. The Morgan fingerprint density at radius 3 is 2.80 bits per heavy atom. The SMILES string of the molecule is O=S([O-])Cc1ccc2c(Br)cccc2c1. The van der Waals surface area contributed by atoms with Crippen molar-refractivity contribution < 1.29 is 8.76 Å². The van der Waals surface area contributed by atoms with Crippen molar-refractivity contribution in [2.24, 2.45) is 0 Å². The van der Waals surface area contributed by atoms with Crippen LogP contribution < -0.4 is 0 Å². The fourth-order valence-electron chi connectivity index (χ4n) is 1.52. The maximum absolute atomic E-state index is 10.6. The summed E-state index contributed by atoms with van der Waals surface area (Å²) in [7, 11) is 0. The van der Waals surface area contributed by atoms with E-state index in [1.807, 2.05) is 36.4 Å². The van der Waals surface area contributed by atoms with Gasteiger partial charge in [-0.3, -0.25) is 4.21 Å². The van der Waals surface area contributed by atoms with E-state index in [4.69, 9.17) is 0 Å². The molecule has 0 aromatic heterocycles. The molecule has 0 spiro atoms. The molecule has 0 heterocycles. The van der Waals surface area contributed by atoms with Gasteiger partial charge in [-0.2, -0.15) is 0 Å². The van der Waals surface area contributed by atoms with Gasteiger partial charge in [0.05, 0.1) is 0 Å². The summed E-state index contributed by atoms with van der Waals surface area (Å²) >= 11 is 1.42. The van der Waals surface area contributed by atoms with Gasteiger partial charge in [0.2, 0.25) is 0 Å². The van der Waals surface area contributed by atoms with Crippen LogP contribution in [0.1, 0.15) is 5.56 Å². The number of halogens is 1. The van der Waals surface area contributed by atoms with Crippen LogP contribution in [0.15, 0.2) is 40.9 Å². The predicted molar refractivity (Wildman–Crippen MR) is 64.3 cm³/mol. The van der Waals surface area contributed by atoms with Crippen molar-refractivity contribution in [3.63, 3.8) is 0 Å². The first kappa shape index (κ1) is 10.8. The Bertz CT molecular complexity index is 525. The van der Waals surface area contributed by atoms with Crippen molar-refractivity contribution in [1.29, 1.82) is 0 Å². The van der Waals surface area contributed by atoms with Crippen molar-refractivity contribution in [2.45, 2.75) is 5.75 Å². The van der Waals surface area contributed by atoms with E-state index in [0.717, 1.165) is 20.8 Å². The molecule has 0 radical (unpaired) electrons. The highest BCUT2D eigenvalue weighted by atomic mass is 79.9. The molecule has 15 heavy (non-hydrogen) atoms. The van der Waals surface area contributed by atoms with Gasteiger partial charge in [-0.25, -0.2) is 0 Å². The van der Waals surface area contributed by atoms with E-state index in [1.54, 1.807) is 0 Å². The van der Waals surface area contributed by atoms with Crippen molar-refractivity contribution in [2.75, 3.05) is 0 Å². The molecule has 0 aliphatic carbocycles. The average Bonchev–Trinajstić information content (AvgIpc) is 2.17. The largest absolute Gasteiger partial charge is 0.772 e. The summed E-state index contributed by atoms with van der Waals surface area (Å²) in [6.07, 6.45) is 0. The molecule has 0 saturated carbocycles. The van der Waals surface area contributed by atoms with Crippen LogP contribution in [-0.2, 0) is 16.8 Å². The zero-order valence-corrected chi connectivity index (χ0v) is 10.2. The van der Waals surface area contributed by atoms with Gasteiger partial charge in [0, 0.05) is 10.2 Å². The summed E-state index contributed by atoms with van der Waals surface area (Å²) in [6.45, 7) is 0. The average molecular weight is 284 g/mol. The van der Waals surface area contributed by atoms with Gasteiger partial charge in [0.1, 0.15) is 0 Å². The lowest BCUT2D eigenvalue weighted by Gasteiger charge is -2.07. The fourth-order valence-corrected chi connectivity index (χ4v) is 2.48. The van der Waals surface area contributed by atoms with Crippen LogP contribution in [-0.4, -0.2) is 8.76 Å². The second-order valence-corrected chi connectivity index (χ2v) is 4.99. The third kappa shape index (κ3) is 2.45. The van der Waals surface area contributed by atoms with Crippen LogP contribution in [0.25, 0.3) is 10.8 Å². The summed E-state index contributed by atoms with van der Waals surface area (Å²) in [5.74, 6) is 0.0719. The second kappa shape index (κ2) is 4.43. The molecule has 0 fully saturated rings. The van der Waals surface area contributed by atoms with Gasteiger partial charge in [-0.1, -0.05) is 57.3 Å². The standard InChI is InChI=1S/C11H9BrO2S/c12-11-3-1-2-9-6-8(7-15(13)14)4-5-10(9)11/h1-6H,7H2,(H,13,14)/p-1. The molecule has 0 aliphatic heterocycles. The van der Waals surface area contributed by atoms with E-state index in [2.05, 4.69) is 15.9 Å². The van der Waals surface area contributed by atoms with Gasteiger partial charge < -0.3 is 4.55 Å². The second-order valence-electron chi connectivity index (χ2n) is 3.24. The monoisotopic (exact) mass is 283 g/mol. The first-order valence-corrected chi connectivity index (χ1v) is 6.43. The molecule has 2 aromatic rings. The normalized spacial score (nSPS) is 12.9. The lowest BCUT2D eigenvalue weighted by Crippen LogP contribution is -1.92. The van der Waals surface area contributed by atoms with E-state index in [-0.39, 0.29) is 5.75 Å². The summed E-state index contributed by atoms with van der Waals surface area (Å²) in [4.78, 5) is 0. The molecule has 4 heteroatoms. The smallest absolute Gasteiger partial charge is 0.0353 e. The van der Waals surface area contributed by atoms with Gasteiger partial charge in [-0.05, 0) is 22.4 Å². The molecule has 1 unspecified atom stereocenters. The van der Waals surface area contributed by atoms with E-state index in [0.29, 0.717) is 0 Å². The van der Waals surface area contributed by atoms with Gasteiger partial charge in [-0.15, -0.1) is 0 Å². The molecule has 0 amide bonds.